The molecule has 1 saturated heterocycles. The van der Waals surface area contributed by atoms with Crippen LogP contribution in [-0.4, -0.2) is 42.0 Å². The first-order valence-electron chi connectivity index (χ1n) is 9.24. The van der Waals surface area contributed by atoms with Gasteiger partial charge < -0.3 is 9.15 Å². The number of hydrogen-bond acceptors (Lipinski definition) is 8. The summed E-state index contributed by atoms with van der Waals surface area (Å²) in [6.07, 6.45) is 0.793. The Morgan fingerprint density at radius 3 is 2.73 bits per heavy atom. The van der Waals surface area contributed by atoms with E-state index in [0.717, 1.165) is 17.7 Å². The number of sulfonamides is 1. The Kier molecular flexibility index (Phi) is 5.92. The number of benzene rings is 1. The Morgan fingerprint density at radius 2 is 2.03 bits per heavy atom. The van der Waals surface area contributed by atoms with Crippen LogP contribution in [0.1, 0.15) is 42.1 Å². The lowest BCUT2D eigenvalue weighted by Gasteiger charge is -2.16. The third-order valence-corrected chi connectivity index (χ3v) is 7.75. The number of carbonyl (C=O) groups is 1. The molecule has 1 atom stereocenters. The SMILES string of the molecule is CC(OC(=O)c1cc(S(=O)(=O)N2CCCC2)ccc1Cl)c1nnc(-c2cccs2)o1. The van der Waals surface area contributed by atoms with Gasteiger partial charge in [-0.1, -0.05) is 17.7 Å². The molecular weight excluding hydrogens is 450 g/mol. The maximum atomic E-state index is 12.8. The average molecular weight is 468 g/mol. The largest absolute Gasteiger partial charge is 0.449 e. The Morgan fingerprint density at radius 1 is 1.27 bits per heavy atom. The average Bonchev–Trinajstić information content (AvgIpc) is 3.50. The van der Waals surface area contributed by atoms with Crippen LogP contribution in [0.5, 0.6) is 0 Å². The van der Waals surface area contributed by atoms with Crippen molar-refractivity contribution in [2.45, 2.75) is 30.8 Å². The van der Waals surface area contributed by atoms with Crippen molar-refractivity contribution in [1.82, 2.24) is 14.5 Å². The second kappa shape index (κ2) is 8.46. The van der Waals surface area contributed by atoms with Crippen molar-refractivity contribution in [3.63, 3.8) is 0 Å². The molecule has 3 aromatic rings. The summed E-state index contributed by atoms with van der Waals surface area (Å²) in [5.41, 5.74) is -0.0400. The van der Waals surface area contributed by atoms with Gasteiger partial charge in [0.15, 0.2) is 6.10 Å². The van der Waals surface area contributed by atoms with Crippen molar-refractivity contribution in [3.05, 3.63) is 52.2 Å². The van der Waals surface area contributed by atoms with Gasteiger partial charge in [-0.25, -0.2) is 13.2 Å². The van der Waals surface area contributed by atoms with E-state index in [1.54, 1.807) is 6.92 Å². The van der Waals surface area contributed by atoms with Gasteiger partial charge in [0.05, 0.1) is 20.4 Å². The van der Waals surface area contributed by atoms with Gasteiger partial charge in [-0.05, 0) is 49.4 Å². The second-order valence-corrected chi connectivity index (χ2v) is 10.0. The van der Waals surface area contributed by atoms with Crippen molar-refractivity contribution in [1.29, 1.82) is 0 Å². The molecule has 1 unspecified atom stereocenters. The summed E-state index contributed by atoms with van der Waals surface area (Å²) in [6, 6.07) is 7.72. The quantitative estimate of drug-likeness (QED) is 0.501. The van der Waals surface area contributed by atoms with E-state index in [-0.39, 0.29) is 21.4 Å². The molecule has 0 N–H and O–H groups in total. The van der Waals surface area contributed by atoms with Crippen molar-refractivity contribution in [2.24, 2.45) is 0 Å². The highest BCUT2D eigenvalue weighted by Gasteiger charge is 2.29. The van der Waals surface area contributed by atoms with Gasteiger partial charge in [0.2, 0.25) is 10.0 Å². The first-order chi connectivity index (χ1) is 14.4. The summed E-state index contributed by atoms with van der Waals surface area (Å²) in [6.45, 7) is 2.51. The van der Waals surface area contributed by atoms with Crippen LogP contribution in [0.2, 0.25) is 5.02 Å². The van der Waals surface area contributed by atoms with Crippen LogP contribution in [0.3, 0.4) is 0 Å². The first-order valence-corrected chi connectivity index (χ1v) is 11.9. The number of carbonyl (C=O) groups excluding carboxylic acids is 1. The summed E-state index contributed by atoms with van der Waals surface area (Å²) in [7, 11) is -3.69. The van der Waals surface area contributed by atoms with Crippen molar-refractivity contribution in [2.75, 3.05) is 13.1 Å². The van der Waals surface area contributed by atoms with Crippen molar-refractivity contribution >= 4 is 38.9 Å². The molecule has 0 saturated carbocycles. The molecule has 30 heavy (non-hydrogen) atoms. The summed E-state index contributed by atoms with van der Waals surface area (Å²) >= 11 is 7.59. The van der Waals surface area contributed by atoms with E-state index in [4.69, 9.17) is 20.8 Å². The number of hydrogen-bond donors (Lipinski definition) is 0. The normalized spacial score (nSPS) is 15.9. The molecule has 8 nitrogen and oxygen atoms in total. The maximum Gasteiger partial charge on any atom is 0.340 e. The summed E-state index contributed by atoms with van der Waals surface area (Å²) in [5.74, 6) is -0.315. The van der Waals surface area contributed by atoms with Crippen molar-refractivity contribution < 1.29 is 22.4 Å². The lowest BCUT2D eigenvalue weighted by atomic mass is 10.2. The zero-order valence-electron chi connectivity index (χ0n) is 15.9. The smallest absolute Gasteiger partial charge is 0.340 e. The van der Waals surface area contributed by atoms with E-state index in [1.807, 2.05) is 17.5 Å². The third kappa shape index (κ3) is 4.13. The van der Waals surface area contributed by atoms with Crippen LogP contribution >= 0.6 is 22.9 Å². The van der Waals surface area contributed by atoms with Crippen LogP contribution < -0.4 is 0 Å². The summed E-state index contributed by atoms with van der Waals surface area (Å²) < 4.78 is 37.9. The number of aromatic nitrogens is 2. The second-order valence-electron chi connectivity index (χ2n) is 6.72. The van der Waals surface area contributed by atoms with Crippen LogP contribution in [-0.2, 0) is 14.8 Å². The molecule has 0 aliphatic carbocycles. The first kappa shape index (κ1) is 21.0. The van der Waals surface area contributed by atoms with Gasteiger partial charge in [-0.3, -0.25) is 0 Å². The number of nitrogens with zero attached hydrogens (tertiary/aromatic N) is 3. The highest BCUT2D eigenvalue weighted by Crippen LogP contribution is 2.29. The van der Waals surface area contributed by atoms with E-state index in [9.17, 15) is 13.2 Å². The molecule has 11 heteroatoms. The Balaban J connectivity index is 1.53. The third-order valence-electron chi connectivity index (χ3n) is 4.66. The van der Waals surface area contributed by atoms with Gasteiger partial charge in [-0.2, -0.15) is 4.31 Å². The zero-order valence-corrected chi connectivity index (χ0v) is 18.3. The number of ether oxygens (including phenoxy) is 1. The van der Waals surface area contributed by atoms with E-state index in [2.05, 4.69) is 10.2 Å². The standard InChI is InChI=1S/C19H18ClN3O5S2/c1-12(17-21-22-18(28-17)16-5-4-10-29-16)27-19(24)14-11-13(6-7-15(14)20)30(25,26)23-8-2-3-9-23/h4-7,10-12H,2-3,8-9H2,1H3. The zero-order chi connectivity index (χ0) is 21.3. The maximum absolute atomic E-state index is 12.8. The predicted molar refractivity (Wildman–Crippen MR) is 111 cm³/mol. The van der Waals surface area contributed by atoms with Crippen molar-refractivity contribution in [3.8, 4) is 10.8 Å². The van der Waals surface area contributed by atoms with E-state index in [1.165, 1.54) is 33.8 Å². The lowest BCUT2D eigenvalue weighted by Crippen LogP contribution is -2.28. The van der Waals surface area contributed by atoms with Gasteiger partial charge in [0.25, 0.3) is 11.8 Å². The summed E-state index contributed by atoms with van der Waals surface area (Å²) in [4.78, 5) is 13.5. The monoisotopic (exact) mass is 467 g/mol. The Labute approximate surface area is 182 Å². The van der Waals surface area contributed by atoms with Crippen LogP contribution in [0.15, 0.2) is 45.0 Å². The molecule has 1 aliphatic rings. The Bertz CT molecular complexity index is 1150. The minimum Gasteiger partial charge on any atom is -0.449 e. The molecule has 158 valence electrons. The fourth-order valence-corrected chi connectivity index (χ4v) is 5.45. The molecule has 1 aromatic carbocycles. The number of halogens is 1. The van der Waals surface area contributed by atoms with Crippen LogP contribution in [0.25, 0.3) is 10.8 Å². The van der Waals surface area contributed by atoms with Gasteiger partial charge in [-0.15, -0.1) is 21.5 Å². The molecule has 0 amide bonds. The minimum absolute atomic E-state index is 0.00572. The predicted octanol–water partition coefficient (Wildman–Crippen LogP) is 4.15. The van der Waals surface area contributed by atoms with E-state index >= 15 is 0 Å². The van der Waals surface area contributed by atoms with Gasteiger partial charge in [0.1, 0.15) is 0 Å². The molecule has 0 radical (unpaired) electrons. The fraction of sp³-hybridized carbons (Fsp3) is 0.316. The number of rotatable bonds is 6. The van der Waals surface area contributed by atoms with Crippen LogP contribution in [0.4, 0.5) is 0 Å². The highest BCUT2D eigenvalue weighted by atomic mass is 35.5. The summed E-state index contributed by atoms with van der Waals surface area (Å²) in [5, 5.41) is 9.86. The van der Waals surface area contributed by atoms with Gasteiger partial charge >= 0.3 is 5.97 Å². The molecule has 0 bridgehead atoms. The molecule has 3 heterocycles. The van der Waals surface area contributed by atoms with Crippen LogP contribution in [0, 0.1) is 0 Å². The fourth-order valence-electron chi connectivity index (χ4n) is 3.07. The topological polar surface area (TPSA) is 103 Å². The highest BCUT2D eigenvalue weighted by molar-refractivity contribution is 7.89. The van der Waals surface area contributed by atoms with Gasteiger partial charge in [0, 0.05) is 13.1 Å². The van der Waals surface area contributed by atoms with E-state index < -0.39 is 22.1 Å². The molecule has 2 aromatic heterocycles. The Hall–Kier alpha value is -2.27. The molecular formula is C19H18ClN3O5S2. The molecule has 0 spiro atoms. The lowest BCUT2D eigenvalue weighted by molar-refractivity contribution is 0.0280. The molecule has 4 rings (SSSR count). The number of thiophene rings is 1. The molecule has 1 fully saturated rings. The molecule has 1 aliphatic heterocycles. The van der Waals surface area contributed by atoms with E-state index in [0.29, 0.717) is 19.0 Å². The number of esters is 1. The minimum atomic E-state index is -3.69.